The summed E-state index contributed by atoms with van der Waals surface area (Å²) in [6, 6.07) is 8.42. The first-order valence-corrected chi connectivity index (χ1v) is 9.48. The van der Waals surface area contributed by atoms with Gasteiger partial charge >= 0.3 is 5.97 Å². The second-order valence-corrected chi connectivity index (χ2v) is 7.04. The quantitative estimate of drug-likeness (QED) is 0.765. The average Bonchev–Trinajstić information content (AvgIpc) is 2.82. The molecule has 0 atom stereocenters. The number of benzene rings is 1. The minimum atomic E-state index is -0.883. The van der Waals surface area contributed by atoms with Crippen LogP contribution in [0.25, 0.3) is 0 Å². The number of rotatable bonds is 8. The van der Waals surface area contributed by atoms with Crippen LogP contribution in [0.15, 0.2) is 24.3 Å². The highest BCUT2D eigenvalue weighted by Crippen LogP contribution is 2.13. The molecule has 1 aliphatic heterocycles. The van der Waals surface area contributed by atoms with Gasteiger partial charge in [-0.15, -0.1) is 0 Å². The van der Waals surface area contributed by atoms with E-state index in [1.54, 1.807) is 4.90 Å². The molecule has 0 aliphatic carbocycles. The lowest BCUT2D eigenvalue weighted by Crippen LogP contribution is -2.43. The normalized spacial score (nSPS) is 15.9. The number of carboxylic acids is 1. The van der Waals surface area contributed by atoms with Crippen molar-refractivity contribution in [1.29, 1.82) is 0 Å². The van der Waals surface area contributed by atoms with Crippen LogP contribution in [-0.4, -0.2) is 77.5 Å². The van der Waals surface area contributed by atoms with Gasteiger partial charge in [0.05, 0.1) is 13.1 Å². The molecule has 144 valence electrons. The summed E-state index contributed by atoms with van der Waals surface area (Å²) in [5.41, 5.74) is 2.64. The molecule has 2 rings (SSSR count). The number of aryl methyl sites for hydroxylation is 1. The second-order valence-electron chi connectivity index (χ2n) is 7.04. The Hall–Kier alpha value is -1.92. The molecular weight excluding hydrogens is 330 g/mol. The number of nitrogens with zero attached hydrogens (tertiary/aromatic N) is 3. The first-order valence-electron chi connectivity index (χ1n) is 9.48. The third-order valence-electron chi connectivity index (χ3n) is 4.85. The van der Waals surface area contributed by atoms with E-state index in [1.165, 1.54) is 11.1 Å². The van der Waals surface area contributed by atoms with Crippen molar-refractivity contribution in [2.75, 3.05) is 45.8 Å². The molecule has 1 saturated heterocycles. The minimum absolute atomic E-state index is 0.0393. The number of aliphatic carboxylic acids is 1. The number of hydrogen-bond acceptors (Lipinski definition) is 4. The van der Waals surface area contributed by atoms with Gasteiger partial charge < -0.3 is 10.0 Å². The van der Waals surface area contributed by atoms with Crippen LogP contribution in [0.5, 0.6) is 0 Å². The Morgan fingerprint density at radius 2 is 1.88 bits per heavy atom. The van der Waals surface area contributed by atoms with Crippen molar-refractivity contribution in [3.05, 3.63) is 35.4 Å². The number of carbonyl (C=O) groups is 2. The monoisotopic (exact) mass is 361 g/mol. The first-order chi connectivity index (χ1) is 12.5. The molecule has 1 heterocycles. The van der Waals surface area contributed by atoms with Crippen molar-refractivity contribution in [2.24, 2.45) is 0 Å². The van der Waals surface area contributed by atoms with Crippen molar-refractivity contribution in [1.82, 2.24) is 14.7 Å². The number of carbonyl (C=O) groups excluding carboxylic acids is 1. The topological polar surface area (TPSA) is 64.1 Å². The third-order valence-corrected chi connectivity index (χ3v) is 4.85. The molecule has 0 unspecified atom stereocenters. The Morgan fingerprint density at radius 1 is 1.12 bits per heavy atom. The predicted octanol–water partition coefficient (Wildman–Crippen LogP) is 1.83. The number of carboxylic acid groups (broad SMARTS) is 1. The standard InChI is InChI=1S/C20H31N3O3/c1-3-9-22(16-20(25)26)15-19(24)23-11-6-10-21(12-13-23)14-18-8-5-4-7-17(18)2/h4-5,7-8H,3,6,9-16H2,1-2H3,(H,25,26). The molecule has 0 aromatic heterocycles. The Kier molecular flexibility index (Phi) is 8.06. The maximum Gasteiger partial charge on any atom is 0.317 e. The SMILES string of the molecule is CCCN(CC(=O)O)CC(=O)N1CCCN(Cc2ccccc2C)CC1. The van der Waals surface area contributed by atoms with Gasteiger partial charge in [0, 0.05) is 32.7 Å². The zero-order valence-electron chi connectivity index (χ0n) is 16.0. The largest absolute Gasteiger partial charge is 0.480 e. The zero-order valence-corrected chi connectivity index (χ0v) is 16.0. The highest BCUT2D eigenvalue weighted by molar-refractivity contribution is 5.79. The first kappa shape index (κ1) is 20.4. The average molecular weight is 361 g/mol. The van der Waals surface area contributed by atoms with Crippen molar-refractivity contribution < 1.29 is 14.7 Å². The van der Waals surface area contributed by atoms with E-state index in [2.05, 4.69) is 36.1 Å². The van der Waals surface area contributed by atoms with Crippen molar-refractivity contribution >= 4 is 11.9 Å². The fourth-order valence-corrected chi connectivity index (χ4v) is 3.42. The fraction of sp³-hybridized carbons (Fsp3) is 0.600. The van der Waals surface area contributed by atoms with E-state index in [-0.39, 0.29) is 19.0 Å². The van der Waals surface area contributed by atoms with Gasteiger partial charge in [0.25, 0.3) is 0 Å². The summed E-state index contributed by atoms with van der Waals surface area (Å²) in [4.78, 5) is 29.6. The van der Waals surface area contributed by atoms with Crippen LogP contribution in [-0.2, 0) is 16.1 Å². The van der Waals surface area contributed by atoms with Gasteiger partial charge in [0.15, 0.2) is 0 Å². The van der Waals surface area contributed by atoms with E-state index < -0.39 is 5.97 Å². The Morgan fingerprint density at radius 3 is 2.58 bits per heavy atom. The highest BCUT2D eigenvalue weighted by Gasteiger charge is 2.22. The van der Waals surface area contributed by atoms with E-state index >= 15 is 0 Å². The van der Waals surface area contributed by atoms with Crippen molar-refractivity contribution in [3.63, 3.8) is 0 Å². The second kappa shape index (κ2) is 10.3. The molecular formula is C20H31N3O3. The lowest BCUT2D eigenvalue weighted by molar-refractivity contribution is -0.139. The fourth-order valence-electron chi connectivity index (χ4n) is 3.42. The van der Waals surface area contributed by atoms with Crippen LogP contribution < -0.4 is 0 Å². The van der Waals surface area contributed by atoms with Gasteiger partial charge in [-0.3, -0.25) is 19.4 Å². The van der Waals surface area contributed by atoms with Crippen LogP contribution in [0.2, 0.25) is 0 Å². The molecule has 0 saturated carbocycles. The van der Waals surface area contributed by atoms with Crippen LogP contribution in [0, 0.1) is 6.92 Å². The van der Waals surface area contributed by atoms with Gasteiger partial charge in [0.2, 0.25) is 5.91 Å². The summed E-state index contributed by atoms with van der Waals surface area (Å²) < 4.78 is 0. The van der Waals surface area contributed by atoms with E-state index in [0.717, 1.165) is 39.0 Å². The lowest BCUT2D eigenvalue weighted by atomic mass is 10.1. The summed E-state index contributed by atoms with van der Waals surface area (Å²) in [6.07, 6.45) is 1.79. The summed E-state index contributed by atoms with van der Waals surface area (Å²) >= 11 is 0. The van der Waals surface area contributed by atoms with Crippen LogP contribution >= 0.6 is 0 Å². The summed E-state index contributed by atoms with van der Waals surface area (Å²) in [7, 11) is 0. The molecule has 26 heavy (non-hydrogen) atoms. The van der Waals surface area contributed by atoms with Gasteiger partial charge in [-0.1, -0.05) is 31.2 Å². The molecule has 6 nitrogen and oxygen atoms in total. The van der Waals surface area contributed by atoms with E-state index in [4.69, 9.17) is 5.11 Å². The summed E-state index contributed by atoms with van der Waals surface area (Å²) in [6.45, 7) is 9.07. The Labute approximate surface area is 156 Å². The molecule has 1 aromatic rings. The lowest BCUT2D eigenvalue weighted by Gasteiger charge is -2.26. The van der Waals surface area contributed by atoms with E-state index in [9.17, 15) is 9.59 Å². The van der Waals surface area contributed by atoms with E-state index in [1.807, 2.05) is 11.8 Å². The number of amides is 1. The molecule has 1 N–H and O–H groups in total. The third kappa shape index (κ3) is 6.42. The van der Waals surface area contributed by atoms with Crippen molar-refractivity contribution in [3.8, 4) is 0 Å². The van der Waals surface area contributed by atoms with Gasteiger partial charge in [-0.25, -0.2) is 0 Å². The maximum atomic E-state index is 12.6. The molecule has 1 aliphatic rings. The minimum Gasteiger partial charge on any atom is -0.480 e. The smallest absolute Gasteiger partial charge is 0.317 e. The predicted molar refractivity (Wildman–Crippen MR) is 102 cm³/mol. The van der Waals surface area contributed by atoms with Gasteiger partial charge in [-0.2, -0.15) is 0 Å². The Balaban J connectivity index is 1.87. The Bertz CT molecular complexity index is 606. The highest BCUT2D eigenvalue weighted by atomic mass is 16.4. The number of hydrogen-bond donors (Lipinski definition) is 1. The van der Waals surface area contributed by atoms with Crippen LogP contribution in [0.3, 0.4) is 0 Å². The summed E-state index contributed by atoms with van der Waals surface area (Å²) in [5.74, 6) is -0.844. The van der Waals surface area contributed by atoms with Crippen LogP contribution in [0.1, 0.15) is 30.9 Å². The van der Waals surface area contributed by atoms with Gasteiger partial charge in [0.1, 0.15) is 0 Å². The van der Waals surface area contributed by atoms with Gasteiger partial charge in [-0.05, 0) is 37.4 Å². The van der Waals surface area contributed by atoms with E-state index in [0.29, 0.717) is 13.1 Å². The molecule has 6 heteroatoms. The molecule has 1 amide bonds. The molecule has 1 fully saturated rings. The zero-order chi connectivity index (χ0) is 18.9. The van der Waals surface area contributed by atoms with Crippen LogP contribution in [0.4, 0.5) is 0 Å². The molecule has 1 aromatic carbocycles. The summed E-state index contributed by atoms with van der Waals surface area (Å²) in [5, 5.41) is 9.00. The molecule has 0 spiro atoms. The molecule has 0 radical (unpaired) electrons. The maximum absolute atomic E-state index is 12.6. The van der Waals surface area contributed by atoms with Crippen molar-refractivity contribution in [2.45, 2.75) is 33.2 Å². The molecule has 0 bridgehead atoms.